The van der Waals surface area contributed by atoms with Crippen LogP contribution in [0.2, 0.25) is 0 Å². The second-order valence-corrected chi connectivity index (χ2v) is 5.30. The van der Waals surface area contributed by atoms with Gasteiger partial charge in [0.25, 0.3) is 5.91 Å². The molecule has 0 saturated heterocycles. The Labute approximate surface area is 130 Å². The second-order valence-electron chi connectivity index (χ2n) is 5.30. The van der Waals surface area contributed by atoms with Gasteiger partial charge in [0.2, 0.25) is 0 Å². The molecule has 0 saturated carbocycles. The van der Waals surface area contributed by atoms with Gasteiger partial charge in [-0.1, -0.05) is 17.7 Å². The standard InChI is InChI=1S/C18H19NO3/c1-11-9-12(2)16(13(3)10-11)17(20)19-15-7-5-14(6-8-15)18(21)22-4/h5-10H,1-4H3,(H,19,20). The summed E-state index contributed by atoms with van der Waals surface area (Å²) in [5.74, 6) is -0.552. The normalized spacial score (nSPS) is 10.2. The molecular formula is C18H19NO3. The molecule has 0 bridgehead atoms. The quantitative estimate of drug-likeness (QED) is 0.880. The number of carbonyl (C=O) groups is 2. The lowest BCUT2D eigenvalue weighted by Gasteiger charge is -2.12. The summed E-state index contributed by atoms with van der Waals surface area (Å²) in [5.41, 5.74) is 4.79. The number of benzene rings is 2. The van der Waals surface area contributed by atoms with Crippen LogP contribution in [-0.4, -0.2) is 19.0 Å². The molecule has 22 heavy (non-hydrogen) atoms. The number of rotatable bonds is 3. The Balaban J connectivity index is 2.21. The molecule has 2 aromatic carbocycles. The fraction of sp³-hybridized carbons (Fsp3) is 0.222. The van der Waals surface area contributed by atoms with Crippen LogP contribution in [0.15, 0.2) is 36.4 Å². The van der Waals surface area contributed by atoms with Crippen LogP contribution in [0.3, 0.4) is 0 Å². The maximum Gasteiger partial charge on any atom is 0.337 e. The molecule has 0 unspecified atom stereocenters. The molecule has 1 N–H and O–H groups in total. The predicted octanol–water partition coefficient (Wildman–Crippen LogP) is 3.65. The van der Waals surface area contributed by atoms with Crippen molar-refractivity contribution in [2.45, 2.75) is 20.8 Å². The van der Waals surface area contributed by atoms with E-state index in [1.165, 1.54) is 7.11 Å². The van der Waals surface area contributed by atoms with Crippen LogP contribution in [0, 0.1) is 20.8 Å². The zero-order valence-corrected chi connectivity index (χ0v) is 13.2. The molecule has 0 spiro atoms. The van der Waals surface area contributed by atoms with Crippen molar-refractivity contribution in [1.29, 1.82) is 0 Å². The number of amides is 1. The molecule has 0 aliphatic carbocycles. The Morgan fingerprint density at radius 1 is 0.955 bits per heavy atom. The monoisotopic (exact) mass is 297 g/mol. The molecule has 114 valence electrons. The van der Waals surface area contributed by atoms with E-state index in [1.54, 1.807) is 24.3 Å². The van der Waals surface area contributed by atoms with E-state index in [0.29, 0.717) is 16.8 Å². The lowest BCUT2D eigenvalue weighted by Crippen LogP contribution is -2.15. The smallest absolute Gasteiger partial charge is 0.337 e. The number of carbonyl (C=O) groups excluding carboxylic acids is 2. The van der Waals surface area contributed by atoms with Crippen molar-refractivity contribution < 1.29 is 14.3 Å². The number of nitrogens with one attached hydrogen (secondary N) is 1. The predicted molar refractivity (Wildman–Crippen MR) is 86.4 cm³/mol. The fourth-order valence-electron chi connectivity index (χ4n) is 2.54. The Morgan fingerprint density at radius 3 is 2.00 bits per heavy atom. The Kier molecular flexibility index (Phi) is 4.61. The minimum absolute atomic E-state index is 0.152. The van der Waals surface area contributed by atoms with E-state index < -0.39 is 5.97 Å². The summed E-state index contributed by atoms with van der Waals surface area (Å²) < 4.78 is 4.64. The van der Waals surface area contributed by atoms with Crippen molar-refractivity contribution in [3.8, 4) is 0 Å². The van der Waals surface area contributed by atoms with Crippen LogP contribution in [0.4, 0.5) is 5.69 Å². The lowest BCUT2D eigenvalue weighted by molar-refractivity contribution is 0.0600. The van der Waals surface area contributed by atoms with Gasteiger partial charge in [-0.3, -0.25) is 4.79 Å². The molecule has 0 aliphatic heterocycles. The van der Waals surface area contributed by atoms with Crippen molar-refractivity contribution in [2.24, 2.45) is 0 Å². The third-order valence-corrected chi connectivity index (χ3v) is 3.47. The zero-order valence-electron chi connectivity index (χ0n) is 13.2. The van der Waals surface area contributed by atoms with Crippen LogP contribution in [-0.2, 0) is 4.74 Å². The van der Waals surface area contributed by atoms with Gasteiger partial charge in [-0.15, -0.1) is 0 Å². The zero-order chi connectivity index (χ0) is 16.3. The van der Waals surface area contributed by atoms with Gasteiger partial charge in [0, 0.05) is 11.3 Å². The van der Waals surface area contributed by atoms with E-state index in [0.717, 1.165) is 16.7 Å². The topological polar surface area (TPSA) is 55.4 Å². The van der Waals surface area contributed by atoms with Gasteiger partial charge >= 0.3 is 5.97 Å². The van der Waals surface area contributed by atoms with Crippen LogP contribution < -0.4 is 5.32 Å². The van der Waals surface area contributed by atoms with E-state index in [2.05, 4.69) is 10.1 Å². The summed E-state index contributed by atoms with van der Waals surface area (Å²) in [6.07, 6.45) is 0. The van der Waals surface area contributed by atoms with Crippen molar-refractivity contribution in [3.05, 3.63) is 64.2 Å². The van der Waals surface area contributed by atoms with Crippen molar-refractivity contribution >= 4 is 17.6 Å². The molecule has 2 aromatic rings. The van der Waals surface area contributed by atoms with E-state index in [1.807, 2.05) is 32.9 Å². The third kappa shape index (κ3) is 3.34. The van der Waals surface area contributed by atoms with E-state index >= 15 is 0 Å². The number of anilines is 1. The highest BCUT2D eigenvalue weighted by Crippen LogP contribution is 2.19. The summed E-state index contributed by atoms with van der Waals surface area (Å²) in [7, 11) is 1.33. The highest BCUT2D eigenvalue weighted by molar-refractivity contribution is 6.06. The number of esters is 1. The van der Waals surface area contributed by atoms with E-state index in [4.69, 9.17) is 0 Å². The second kappa shape index (κ2) is 6.43. The van der Waals surface area contributed by atoms with Crippen LogP contribution in [0.1, 0.15) is 37.4 Å². The van der Waals surface area contributed by atoms with Crippen molar-refractivity contribution in [1.82, 2.24) is 0 Å². The van der Waals surface area contributed by atoms with Gasteiger partial charge in [-0.2, -0.15) is 0 Å². The van der Waals surface area contributed by atoms with Gasteiger partial charge in [0.05, 0.1) is 12.7 Å². The SMILES string of the molecule is COC(=O)c1ccc(NC(=O)c2c(C)cc(C)cc2C)cc1. The maximum absolute atomic E-state index is 12.4. The summed E-state index contributed by atoms with van der Waals surface area (Å²) in [6, 6.07) is 10.6. The number of ether oxygens (including phenoxy) is 1. The molecule has 4 nitrogen and oxygen atoms in total. The van der Waals surface area contributed by atoms with Crippen LogP contribution in [0.25, 0.3) is 0 Å². The first kappa shape index (κ1) is 15.8. The minimum atomic E-state index is -0.400. The summed E-state index contributed by atoms with van der Waals surface area (Å²) in [5, 5.41) is 2.85. The molecule has 0 fully saturated rings. The summed E-state index contributed by atoms with van der Waals surface area (Å²) >= 11 is 0. The van der Waals surface area contributed by atoms with Crippen LogP contribution in [0.5, 0.6) is 0 Å². The highest BCUT2D eigenvalue weighted by Gasteiger charge is 2.13. The molecule has 2 rings (SSSR count). The van der Waals surface area contributed by atoms with Crippen LogP contribution >= 0.6 is 0 Å². The first-order valence-electron chi connectivity index (χ1n) is 7.00. The van der Waals surface area contributed by atoms with Gasteiger partial charge in [0.15, 0.2) is 0 Å². The minimum Gasteiger partial charge on any atom is -0.465 e. The van der Waals surface area contributed by atoms with E-state index in [-0.39, 0.29) is 5.91 Å². The molecule has 4 heteroatoms. The third-order valence-electron chi connectivity index (χ3n) is 3.47. The Bertz CT molecular complexity index is 695. The first-order chi connectivity index (χ1) is 10.4. The largest absolute Gasteiger partial charge is 0.465 e. The first-order valence-corrected chi connectivity index (χ1v) is 7.00. The van der Waals surface area contributed by atoms with E-state index in [9.17, 15) is 9.59 Å². The van der Waals surface area contributed by atoms with Crippen molar-refractivity contribution in [2.75, 3.05) is 12.4 Å². The van der Waals surface area contributed by atoms with Gasteiger partial charge in [-0.05, 0) is 56.2 Å². The summed E-state index contributed by atoms with van der Waals surface area (Å²) in [4.78, 5) is 23.8. The number of methoxy groups -OCH3 is 1. The molecular weight excluding hydrogens is 278 g/mol. The van der Waals surface area contributed by atoms with Gasteiger partial charge < -0.3 is 10.1 Å². The molecule has 0 atom stereocenters. The average molecular weight is 297 g/mol. The molecule has 0 aliphatic rings. The highest BCUT2D eigenvalue weighted by atomic mass is 16.5. The molecule has 1 amide bonds. The number of hydrogen-bond donors (Lipinski definition) is 1. The molecule has 0 heterocycles. The fourth-order valence-corrected chi connectivity index (χ4v) is 2.54. The lowest BCUT2D eigenvalue weighted by atomic mass is 9.99. The molecule has 0 aromatic heterocycles. The van der Waals surface area contributed by atoms with Gasteiger partial charge in [-0.25, -0.2) is 4.79 Å². The van der Waals surface area contributed by atoms with Crippen molar-refractivity contribution in [3.63, 3.8) is 0 Å². The number of aryl methyl sites for hydroxylation is 3. The average Bonchev–Trinajstić information content (AvgIpc) is 2.46. The maximum atomic E-state index is 12.4. The summed E-state index contributed by atoms with van der Waals surface area (Å²) in [6.45, 7) is 5.86. The Morgan fingerprint density at radius 2 is 1.50 bits per heavy atom. The number of hydrogen-bond acceptors (Lipinski definition) is 3. The van der Waals surface area contributed by atoms with Gasteiger partial charge in [0.1, 0.15) is 0 Å². The Hall–Kier alpha value is -2.62. The molecule has 0 radical (unpaired) electrons.